The first-order valence-corrected chi connectivity index (χ1v) is 6.13. The van der Waals surface area contributed by atoms with Crippen molar-refractivity contribution in [3.05, 3.63) is 11.1 Å². The minimum absolute atomic E-state index is 0.162. The zero-order valence-electron chi connectivity index (χ0n) is 10.4. The fourth-order valence-corrected chi connectivity index (χ4v) is 2.92. The van der Waals surface area contributed by atoms with Crippen LogP contribution in [0.2, 0.25) is 0 Å². The van der Waals surface area contributed by atoms with Crippen LogP contribution in [-0.2, 0) is 9.59 Å². The molecular weight excluding hydrogens is 200 g/mol. The lowest BCUT2D eigenvalue weighted by atomic mass is 9.74. The van der Waals surface area contributed by atoms with E-state index in [-0.39, 0.29) is 17.1 Å². The van der Waals surface area contributed by atoms with Crippen LogP contribution in [0, 0.1) is 11.3 Å². The fraction of sp³-hybridized carbons (Fsp3) is 0.714. The maximum absolute atomic E-state index is 11.7. The van der Waals surface area contributed by atoms with Crippen molar-refractivity contribution in [2.75, 3.05) is 0 Å². The predicted molar refractivity (Wildman–Crippen MR) is 63.1 cm³/mol. The molecule has 0 N–H and O–H groups in total. The monoisotopic (exact) mass is 220 g/mol. The molecule has 2 aliphatic carbocycles. The van der Waals surface area contributed by atoms with Crippen molar-refractivity contribution < 1.29 is 9.59 Å². The molecular formula is C14H20O2. The van der Waals surface area contributed by atoms with Gasteiger partial charge in [0.2, 0.25) is 0 Å². The molecule has 2 nitrogen and oxygen atoms in total. The highest BCUT2D eigenvalue weighted by atomic mass is 16.1. The number of carbonyl (C=O) groups excluding carboxylic acids is 2. The van der Waals surface area contributed by atoms with Crippen molar-refractivity contribution in [3.8, 4) is 0 Å². The van der Waals surface area contributed by atoms with Crippen LogP contribution in [0.15, 0.2) is 11.1 Å². The van der Waals surface area contributed by atoms with Gasteiger partial charge in [-0.3, -0.25) is 9.59 Å². The Labute approximate surface area is 97.1 Å². The van der Waals surface area contributed by atoms with E-state index in [1.807, 2.05) is 6.92 Å². The maximum Gasteiger partial charge on any atom is 0.159 e. The molecule has 0 radical (unpaired) electrons. The van der Waals surface area contributed by atoms with Crippen LogP contribution in [0.25, 0.3) is 0 Å². The Kier molecular flexibility index (Phi) is 2.77. The summed E-state index contributed by atoms with van der Waals surface area (Å²) in [4.78, 5) is 23.5. The molecule has 0 heterocycles. The second-order valence-corrected chi connectivity index (χ2v) is 6.06. The van der Waals surface area contributed by atoms with E-state index in [2.05, 4.69) is 13.8 Å². The van der Waals surface area contributed by atoms with Crippen molar-refractivity contribution >= 4 is 11.6 Å². The SMILES string of the molecule is CC1=C2CC(C)(C)CCC(=O)CC2CC1=O. The van der Waals surface area contributed by atoms with E-state index in [1.165, 1.54) is 5.57 Å². The molecule has 0 aromatic heterocycles. The second kappa shape index (κ2) is 3.83. The minimum Gasteiger partial charge on any atom is -0.300 e. The molecule has 0 aromatic carbocycles. The van der Waals surface area contributed by atoms with Crippen molar-refractivity contribution in [1.29, 1.82) is 0 Å². The summed E-state index contributed by atoms with van der Waals surface area (Å²) in [7, 11) is 0. The third-order valence-electron chi connectivity index (χ3n) is 4.05. The molecule has 1 unspecified atom stereocenters. The topological polar surface area (TPSA) is 34.1 Å². The van der Waals surface area contributed by atoms with Crippen LogP contribution in [0.5, 0.6) is 0 Å². The first kappa shape index (κ1) is 11.6. The third kappa shape index (κ3) is 2.11. The molecule has 2 rings (SSSR count). The zero-order chi connectivity index (χ0) is 11.9. The first-order valence-electron chi connectivity index (χ1n) is 6.13. The molecule has 16 heavy (non-hydrogen) atoms. The van der Waals surface area contributed by atoms with Gasteiger partial charge in [-0.2, -0.15) is 0 Å². The molecule has 0 aromatic rings. The average Bonchev–Trinajstić information content (AvgIpc) is 2.41. The van der Waals surface area contributed by atoms with Crippen molar-refractivity contribution in [2.24, 2.45) is 11.3 Å². The van der Waals surface area contributed by atoms with Gasteiger partial charge in [0.25, 0.3) is 0 Å². The molecule has 0 saturated heterocycles. The highest BCUT2D eigenvalue weighted by molar-refractivity contribution is 5.99. The molecule has 2 aliphatic rings. The van der Waals surface area contributed by atoms with Crippen molar-refractivity contribution in [2.45, 2.75) is 52.9 Å². The van der Waals surface area contributed by atoms with Crippen LogP contribution in [0.3, 0.4) is 0 Å². The summed E-state index contributed by atoms with van der Waals surface area (Å²) >= 11 is 0. The van der Waals surface area contributed by atoms with Crippen LogP contribution < -0.4 is 0 Å². The fourth-order valence-electron chi connectivity index (χ4n) is 2.92. The van der Waals surface area contributed by atoms with Gasteiger partial charge in [-0.25, -0.2) is 0 Å². The molecule has 0 amide bonds. The Morgan fingerprint density at radius 3 is 2.56 bits per heavy atom. The third-order valence-corrected chi connectivity index (χ3v) is 4.05. The number of ketones is 2. The van der Waals surface area contributed by atoms with Gasteiger partial charge in [-0.15, -0.1) is 0 Å². The Balaban J connectivity index is 2.33. The van der Waals surface area contributed by atoms with E-state index >= 15 is 0 Å². The molecule has 2 heteroatoms. The van der Waals surface area contributed by atoms with E-state index in [1.54, 1.807) is 0 Å². The van der Waals surface area contributed by atoms with Gasteiger partial charge in [0.15, 0.2) is 5.78 Å². The quantitative estimate of drug-likeness (QED) is 0.628. The van der Waals surface area contributed by atoms with Gasteiger partial charge in [-0.05, 0) is 36.7 Å². The van der Waals surface area contributed by atoms with Gasteiger partial charge < -0.3 is 0 Å². The van der Waals surface area contributed by atoms with Gasteiger partial charge in [0.1, 0.15) is 5.78 Å². The zero-order valence-corrected chi connectivity index (χ0v) is 10.4. The van der Waals surface area contributed by atoms with Crippen molar-refractivity contribution in [3.63, 3.8) is 0 Å². The summed E-state index contributed by atoms with van der Waals surface area (Å²) in [6.07, 6.45) is 3.79. The molecule has 0 aliphatic heterocycles. The Morgan fingerprint density at radius 2 is 1.88 bits per heavy atom. The average molecular weight is 220 g/mol. The van der Waals surface area contributed by atoms with E-state index < -0.39 is 0 Å². The van der Waals surface area contributed by atoms with E-state index in [0.717, 1.165) is 18.4 Å². The largest absolute Gasteiger partial charge is 0.300 e. The number of fused-ring (bicyclic) bond motifs is 1. The highest BCUT2D eigenvalue weighted by Crippen LogP contribution is 2.43. The number of carbonyl (C=O) groups is 2. The van der Waals surface area contributed by atoms with Gasteiger partial charge in [0.05, 0.1) is 0 Å². The molecule has 0 spiro atoms. The predicted octanol–water partition coefficient (Wildman–Crippen LogP) is 3.06. The summed E-state index contributed by atoms with van der Waals surface area (Å²) < 4.78 is 0. The summed E-state index contributed by atoms with van der Waals surface area (Å²) in [6.45, 7) is 6.33. The first-order chi connectivity index (χ1) is 7.39. The Bertz CT molecular complexity index is 374. The van der Waals surface area contributed by atoms with Gasteiger partial charge in [-0.1, -0.05) is 19.4 Å². The summed E-state index contributed by atoms with van der Waals surface area (Å²) in [5, 5.41) is 0. The summed E-state index contributed by atoms with van der Waals surface area (Å²) in [6, 6.07) is 0. The Morgan fingerprint density at radius 1 is 1.19 bits per heavy atom. The van der Waals surface area contributed by atoms with Crippen LogP contribution in [0.4, 0.5) is 0 Å². The van der Waals surface area contributed by atoms with E-state index in [9.17, 15) is 9.59 Å². The second-order valence-electron chi connectivity index (χ2n) is 6.06. The van der Waals surface area contributed by atoms with Gasteiger partial charge >= 0.3 is 0 Å². The number of hydrogen-bond donors (Lipinski definition) is 0. The van der Waals surface area contributed by atoms with E-state index in [0.29, 0.717) is 25.0 Å². The van der Waals surface area contributed by atoms with E-state index in [4.69, 9.17) is 0 Å². The van der Waals surface area contributed by atoms with Crippen LogP contribution in [-0.4, -0.2) is 11.6 Å². The van der Waals surface area contributed by atoms with Gasteiger partial charge in [0, 0.05) is 19.3 Å². The standard InChI is InChI=1S/C14H20O2/c1-9-12-8-14(2,3)5-4-11(15)6-10(12)7-13(9)16/h10H,4-8H2,1-3H3. The molecule has 1 fully saturated rings. The molecule has 1 saturated carbocycles. The number of Topliss-reactive ketones (excluding diaryl/α,β-unsaturated/α-hetero) is 2. The lowest BCUT2D eigenvalue weighted by Gasteiger charge is -2.30. The number of rotatable bonds is 0. The number of allylic oxidation sites excluding steroid dienone is 2. The minimum atomic E-state index is 0.162. The molecule has 0 bridgehead atoms. The maximum atomic E-state index is 11.7. The van der Waals surface area contributed by atoms with Crippen LogP contribution >= 0.6 is 0 Å². The summed E-state index contributed by atoms with van der Waals surface area (Å²) in [5.41, 5.74) is 2.37. The lowest BCUT2D eigenvalue weighted by molar-refractivity contribution is -0.120. The highest BCUT2D eigenvalue weighted by Gasteiger charge is 2.36. The molecule has 1 atom stereocenters. The lowest BCUT2D eigenvalue weighted by Crippen LogP contribution is -2.22. The smallest absolute Gasteiger partial charge is 0.159 e. The number of hydrogen-bond acceptors (Lipinski definition) is 2. The van der Waals surface area contributed by atoms with Crippen molar-refractivity contribution in [1.82, 2.24) is 0 Å². The molecule has 88 valence electrons. The normalized spacial score (nSPS) is 30.1. The van der Waals surface area contributed by atoms with Crippen LogP contribution in [0.1, 0.15) is 52.9 Å². The Hall–Kier alpha value is -0.920. The summed E-state index contributed by atoms with van der Waals surface area (Å²) in [5.74, 6) is 0.808.